The first-order chi connectivity index (χ1) is 9.80. The molecule has 2 fully saturated rings. The molecule has 0 radical (unpaired) electrons. The zero-order valence-corrected chi connectivity index (χ0v) is 11.4. The maximum Gasteiger partial charge on any atom is 0.0956 e. The molecule has 5 rings (SSSR count). The molecular weight excluding hydrogens is 248 g/mol. The third-order valence-electron chi connectivity index (χ3n) is 5.95. The van der Waals surface area contributed by atoms with E-state index in [0.29, 0.717) is 11.3 Å². The Hall–Kier alpha value is -1.61. The zero-order valence-electron chi connectivity index (χ0n) is 11.4. The van der Waals surface area contributed by atoms with Crippen molar-refractivity contribution >= 4 is 0 Å². The van der Waals surface area contributed by atoms with Gasteiger partial charge in [0.2, 0.25) is 0 Å². The molecule has 3 nitrogen and oxygen atoms in total. The highest BCUT2D eigenvalue weighted by Gasteiger charge is 2.60. The molecule has 102 valence electrons. The van der Waals surface area contributed by atoms with Crippen LogP contribution in [0.5, 0.6) is 0 Å². The Labute approximate surface area is 118 Å². The summed E-state index contributed by atoms with van der Waals surface area (Å²) >= 11 is 0. The highest BCUT2D eigenvalue weighted by Crippen LogP contribution is 2.65. The molecular formula is C17H18N2O. The molecule has 1 N–H and O–H groups in total. The van der Waals surface area contributed by atoms with Gasteiger partial charge in [0.1, 0.15) is 0 Å². The first-order valence-electron chi connectivity index (χ1n) is 7.59. The van der Waals surface area contributed by atoms with Gasteiger partial charge in [0, 0.05) is 11.5 Å². The van der Waals surface area contributed by atoms with E-state index in [4.69, 9.17) is 0 Å². The van der Waals surface area contributed by atoms with Gasteiger partial charge in [-0.15, -0.1) is 0 Å². The molecule has 1 aromatic carbocycles. The Bertz CT molecular complexity index is 686. The predicted octanol–water partition coefficient (Wildman–Crippen LogP) is 3.00. The average molecular weight is 266 g/mol. The standard InChI is InChI=1S/C17H18N2O/c20-14-8-17(6-3-7-17)15(14)16-12-5-2-1-4-11(12)13-9-18-10-19(13)16/h1-2,4-5,9-10,14-16,20H,3,6-8H2/t14-,15-,16?/m1/s1. The molecule has 0 amide bonds. The van der Waals surface area contributed by atoms with E-state index in [-0.39, 0.29) is 12.1 Å². The first kappa shape index (κ1) is 11.1. The van der Waals surface area contributed by atoms with Gasteiger partial charge < -0.3 is 9.67 Å². The zero-order chi connectivity index (χ0) is 13.3. The number of aliphatic hydroxyl groups is 1. The molecule has 3 aliphatic rings. The molecule has 20 heavy (non-hydrogen) atoms. The minimum Gasteiger partial charge on any atom is -0.393 e. The summed E-state index contributed by atoms with van der Waals surface area (Å²) in [4.78, 5) is 4.33. The van der Waals surface area contributed by atoms with Crippen LogP contribution in [0.3, 0.4) is 0 Å². The van der Waals surface area contributed by atoms with Gasteiger partial charge in [-0.25, -0.2) is 4.98 Å². The topological polar surface area (TPSA) is 38.1 Å². The molecule has 1 aliphatic heterocycles. The van der Waals surface area contributed by atoms with Gasteiger partial charge in [0.15, 0.2) is 0 Å². The van der Waals surface area contributed by atoms with Crippen molar-refractivity contribution in [3.63, 3.8) is 0 Å². The van der Waals surface area contributed by atoms with Crippen LogP contribution in [-0.2, 0) is 0 Å². The third kappa shape index (κ3) is 1.14. The Morgan fingerprint density at radius 3 is 2.85 bits per heavy atom. The number of aliphatic hydroxyl groups excluding tert-OH is 1. The number of benzene rings is 1. The largest absolute Gasteiger partial charge is 0.393 e. The van der Waals surface area contributed by atoms with Crippen LogP contribution in [-0.4, -0.2) is 20.8 Å². The summed E-state index contributed by atoms with van der Waals surface area (Å²) in [5, 5.41) is 10.4. The molecule has 0 bridgehead atoms. The van der Waals surface area contributed by atoms with E-state index in [1.54, 1.807) is 0 Å². The van der Waals surface area contributed by atoms with Crippen molar-refractivity contribution in [2.24, 2.45) is 11.3 Å². The maximum atomic E-state index is 10.4. The van der Waals surface area contributed by atoms with Gasteiger partial charge in [0.05, 0.1) is 30.4 Å². The van der Waals surface area contributed by atoms with Crippen molar-refractivity contribution in [3.05, 3.63) is 42.4 Å². The average Bonchev–Trinajstić information content (AvgIpc) is 2.97. The summed E-state index contributed by atoms with van der Waals surface area (Å²) in [5.74, 6) is 0.368. The van der Waals surface area contributed by atoms with Crippen molar-refractivity contribution in [1.82, 2.24) is 9.55 Å². The molecule has 2 aliphatic carbocycles. The highest BCUT2D eigenvalue weighted by molar-refractivity contribution is 5.69. The van der Waals surface area contributed by atoms with Crippen LogP contribution in [0.15, 0.2) is 36.8 Å². The second-order valence-electron chi connectivity index (χ2n) is 6.73. The van der Waals surface area contributed by atoms with Crippen molar-refractivity contribution in [2.75, 3.05) is 0 Å². The third-order valence-corrected chi connectivity index (χ3v) is 5.95. The summed E-state index contributed by atoms with van der Waals surface area (Å²) in [6, 6.07) is 8.90. The van der Waals surface area contributed by atoms with Crippen LogP contribution in [0.1, 0.15) is 37.3 Å². The number of nitrogens with zero attached hydrogens (tertiary/aromatic N) is 2. The van der Waals surface area contributed by atoms with E-state index in [2.05, 4.69) is 33.8 Å². The quantitative estimate of drug-likeness (QED) is 0.861. The summed E-state index contributed by atoms with van der Waals surface area (Å²) in [6.07, 6.45) is 8.65. The lowest BCUT2D eigenvalue weighted by Gasteiger charge is -2.61. The van der Waals surface area contributed by atoms with Gasteiger partial charge in [-0.2, -0.15) is 0 Å². The number of aromatic nitrogens is 2. The van der Waals surface area contributed by atoms with Crippen LogP contribution >= 0.6 is 0 Å². The smallest absolute Gasteiger partial charge is 0.0956 e. The Morgan fingerprint density at radius 1 is 1.25 bits per heavy atom. The van der Waals surface area contributed by atoms with Crippen LogP contribution in [0.2, 0.25) is 0 Å². The van der Waals surface area contributed by atoms with Crippen LogP contribution in [0, 0.1) is 11.3 Å². The maximum absolute atomic E-state index is 10.4. The molecule has 2 saturated carbocycles. The highest BCUT2D eigenvalue weighted by atomic mass is 16.3. The van der Waals surface area contributed by atoms with Crippen molar-refractivity contribution in [2.45, 2.75) is 37.8 Å². The van der Waals surface area contributed by atoms with E-state index in [0.717, 1.165) is 6.42 Å². The fourth-order valence-electron chi connectivity index (χ4n) is 4.88. The molecule has 0 saturated heterocycles. The summed E-state index contributed by atoms with van der Waals surface area (Å²) in [5.41, 5.74) is 4.28. The lowest BCUT2D eigenvalue weighted by Crippen LogP contribution is -2.58. The lowest BCUT2D eigenvalue weighted by molar-refractivity contribution is -0.165. The van der Waals surface area contributed by atoms with Gasteiger partial charge in [-0.3, -0.25) is 0 Å². The van der Waals surface area contributed by atoms with Crippen LogP contribution in [0.25, 0.3) is 11.3 Å². The Morgan fingerprint density at radius 2 is 2.10 bits per heavy atom. The van der Waals surface area contributed by atoms with Gasteiger partial charge >= 0.3 is 0 Å². The van der Waals surface area contributed by atoms with E-state index in [1.807, 2.05) is 12.5 Å². The van der Waals surface area contributed by atoms with Crippen molar-refractivity contribution < 1.29 is 5.11 Å². The van der Waals surface area contributed by atoms with E-state index < -0.39 is 0 Å². The second-order valence-corrected chi connectivity index (χ2v) is 6.73. The molecule has 1 aromatic heterocycles. The summed E-state index contributed by atoms with van der Waals surface area (Å²) < 4.78 is 2.29. The van der Waals surface area contributed by atoms with E-state index >= 15 is 0 Å². The van der Waals surface area contributed by atoms with Crippen LogP contribution in [0.4, 0.5) is 0 Å². The first-order valence-corrected chi connectivity index (χ1v) is 7.59. The number of imidazole rings is 1. The van der Waals surface area contributed by atoms with Crippen LogP contribution < -0.4 is 0 Å². The fourth-order valence-corrected chi connectivity index (χ4v) is 4.88. The Kier molecular flexibility index (Phi) is 1.96. The normalized spacial score (nSPS) is 32.4. The fraction of sp³-hybridized carbons (Fsp3) is 0.471. The molecule has 1 spiro atoms. The van der Waals surface area contributed by atoms with Crippen molar-refractivity contribution in [3.8, 4) is 11.3 Å². The van der Waals surface area contributed by atoms with Gasteiger partial charge in [-0.05, 0) is 30.2 Å². The summed E-state index contributed by atoms with van der Waals surface area (Å²) in [6.45, 7) is 0. The lowest BCUT2D eigenvalue weighted by atomic mass is 9.46. The molecule has 3 atom stereocenters. The van der Waals surface area contributed by atoms with Gasteiger partial charge in [0.25, 0.3) is 0 Å². The summed E-state index contributed by atoms with van der Waals surface area (Å²) in [7, 11) is 0. The van der Waals surface area contributed by atoms with Gasteiger partial charge in [-0.1, -0.05) is 30.7 Å². The number of hydrogen-bond acceptors (Lipinski definition) is 2. The number of hydrogen-bond donors (Lipinski definition) is 1. The molecule has 2 heterocycles. The molecule has 2 aromatic rings. The minimum absolute atomic E-state index is 0.151. The minimum atomic E-state index is -0.151. The number of rotatable bonds is 1. The molecule has 3 heteroatoms. The molecule has 1 unspecified atom stereocenters. The monoisotopic (exact) mass is 266 g/mol. The predicted molar refractivity (Wildman–Crippen MR) is 76.2 cm³/mol. The Balaban J connectivity index is 1.68. The van der Waals surface area contributed by atoms with E-state index in [9.17, 15) is 5.11 Å². The number of fused-ring (bicyclic) bond motifs is 3. The SMILES string of the molecule is O[C@@H]1CC2(CCC2)[C@H]1C1c2ccccc2-c2cncn21. The van der Waals surface area contributed by atoms with Crippen molar-refractivity contribution in [1.29, 1.82) is 0 Å². The second kappa shape index (κ2) is 3.53. The van der Waals surface area contributed by atoms with E-state index in [1.165, 1.54) is 36.1 Å².